The number of carbonyl (C=O) groups is 1. The maximum atomic E-state index is 12.4. The second kappa shape index (κ2) is 7.28. The highest BCUT2D eigenvalue weighted by molar-refractivity contribution is 5.76. The highest BCUT2D eigenvalue weighted by Crippen LogP contribution is 2.31. The first-order valence-electron chi connectivity index (χ1n) is 8.45. The van der Waals surface area contributed by atoms with Gasteiger partial charge in [0.15, 0.2) is 0 Å². The van der Waals surface area contributed by atoms with Crippen LogP contribution in [-0.2, 0) is 4.79 Å². The van der Waals surface area contributed by atoms with Crippen molar-refractivity contribution in [3.63, 3.8) is 0 Å². The third-order valence-corrected chi connectivity index (χ3v) is 4.52. The van der Waals surface area contributed by atoms with Crippen molar-refractivity contribution in [2.45, 2.75) is 65.0 Å². The van der Waals surface area contributed by atoms with Crippen molar-refractivity contribution in [1.82, 2.24) is 5.32 Å². The average molecular weight is 302 g/mol. The Morgan fingerprint density at radius 3 is 2.50 bits per heavy atom. The smallest absolute Gasteiger partial charge is 0.220 e. The summed E-state index contributed by atoms with van der Waals surface area (Å²) in [4.78, 5) is 12.4. The first kappa shape index (κ1) is 17.0. The molecular formula is C19H30N2O. The minimum absolute atomic E-state index is 0.0753. The molecule has 1 unspecified atom stereocenters. The van der Waals surface area contributed by atoms with Crippen LogP contribution in [0, 0.1) is 11.3 Å². The number of hydrogen-bond donors (Lipinski definition) is 2. The van der Waals surface area contributed by atoms with E-state index >= 15 is 0 Å². The van der Waals surface area contributed by atoms with Crippen molar-refractivity contribution in [3.05, 3.63) is 35.9 Å². The van der Waals surface area contributed by atoms with Gasteiger partial charge in [0.05, 0.1) is 6.04 Å². The molecule has 2 rings (SSSR count). The fourth-order valence-electron chi connectivity index (χ4n) is 3.36. The molecule has 1 fully saturated rings. The van der Waals surface area contributed by atoms with Crippen LogP contribution >= 0.6 is 0 Å². The van der Waals surface area contributed by atoms with Crippen molar-refractivity contribution in [2.24, 2.45) is 17.1 Å². The molecule has 3 heteroatoms. The highest BCUT2D eigenvalue weighted by atomic mass is 16.1. The summed E-state index contributed by atoms with van der Waals surface area (Å²) < 4.78 is 0. The summed E-state index contributed by atoms with van der Waals surface area (Å²) in [6, 6.07) is 10.5. The molecule has 1 aromatic carbocycles. The lowest BCUT2D eigenvalue weighted by atomic mass is 9.85. The van der Waals surface area contributed by atoms with E-state index in [4.69, 9.17) is 5.73 Å². The molecular weight excluding hydrogens is 272 g/mol. The summed E-state index contributed by atoms with van der Waals surface area (Å²) in [5.41, 5.74) is 7.44. The minimum atomic E-state index is 0.0753. The number of nitrogens with two attached hydrogens (primary N) is 1. The summed E-state index contributed by atoms with van der Waals surface area (Å²) in [5, 5.41) is 3.24. The van der Waals surface area contributed by atoms with Crippen LogP contribution in [0.15, 0.2) is 30.3 Å². The Bertz CT molecular complexity index is 478. The third-order valence-electron chi connectivity index (χ3n) is 4.52. The number of amides is 1. The van der Waals surface area contributed by atoms with Gasteiger partial charge in [-0.15, -0.1) is 0 Å². The lowest BCUT2D eigenvalue weighted by molar-refractivity contribution is -0.123. The molecule has 122 valence electrons. The van der Waals surface area contributed by atoms with Crippen LogP contribution in [0.4, 0.5) is 0 Å². The van der Waals surface area contributed by atoms with Gasteiger partial charge in [0.2, 0.25) is 5.91 Å². The Kier molecular flexibility index (Phi) is 5.63. The van der Waals surface area contributed by atoms with Crippen LogP contribution in [-0.4, -0.2) is 11.9 Å². The van der Waals surface area contributed by atoms with Gasteiger partial charge in [-0.05, 0) is 36.2 Å². The number of rotatable bonds is 5. The monoisotopic (exact) mass is 302 g/mol. The van der Waals surface area contributed by atoms with Gasteiger partial charge in [0, 0.05) is 12.5 Å². The van der Waals surface area contributed by atoms with Gasteiger partial charge < -0.3 is 11.1 Å². The van der Waals surface area contributed by atoms with Gasteiger partial charge in [0.1, 0.15) is 0 Å². The lowest BCUT2D eigenvalue weighted by Crippen LogP contribution is -2.35. The van der Waals surface area contributed by atoms with Crippen LogP contribution in [0.5, 0.6) is 0 Å². The Morgan fingerprint density at radius 1 is 1.27 bits per heavy atom. The molecule has 0 aliphatic heterocycles. The summed E-state index contributed by atoms with van der Waals surface area (Å²) in [7, 11) is 0. The average Bonchev–Trinajstić information content (AvgIpc) is 2.83. The maximum absolute atomic E-state index is 12.4. The first-order valence-corrected chi connectivity index (χ1v) is 8.45. The molecule has 0 radical (unpaired) electrons. The number of carbonyl (C=O) groups excluding carboxylic acids is 1. The highest BCUT2D eigenvalue weighted by Gasteiger charge is 2.28. The Labute approximate surface area is 134 Å². The molecule has 3 nitrogen and oxygen atoms in total. The number of nitrogens with one attached hydrogen (secondary N) is 1. The lowest BCUT2D eigenvalue weighted by Gasteiger charge is -2.28. The van der Waals surface area contributed by atoms with Crippen LogP contribution in [0.2, 0.25) is 0 Å². The molecule has 1 amide bonds. The molecule has 3 N–H and O–H groups in total. The molecule has 3 atom stereocenters. The SMILES string of the molecule is CC(C)(C)CC(NC(=O)C[C@@H]1CCC[C@H]1N)c1ccccc1. The zero-order chi connectivity index (χ0) is 16.2. The summed E-state index contributed by atoms with van der Waals surface area (Å²) >= 11 is 0. The fraction of sp³-hybridized carbons (Fsp3) is 0.632. The largest absolute Gasteiger partial charge is 0.349 e. The minimum Gasteiger partial charge on any atom is -0.349 e. The predicted octanol–water partition coefficient (Wildman–Crippen LogP) is 3.80. The Morgan fingerprint density at radius 2 is 1.95 bits per heavy atom. The van der Waals surface area contributed by atoms with Gasteiger partial charge in [-0.1, -0.05) is 57.5 Å². The molecule has 1 aliphatic carbocycles. The fourth-order valence-corrected chi connectivity index (χ4v) is 3.36. The van der Waals surface area contributed by atoms with Gasteiger partial charge >= 0.3 is 0 Å². The number of benzene rings is 1. The Hall–Kier alpha value is -1.35. The van der Waals surface area contributed by atoms with Crippen LogP contribution in [0.1, 0.15) is 64.5 Å². The zero-order valence-electron chi connectivity index (χ0n) is 14.1. The van der Waals surface area contributed by atoms with E-state index in [2.05, 4.69) is 38.2 Å². The zero-order valence-corrected chi connectivity index (χ0v) is 14.1. The van der Waals surface area contributed by atoms with Gasteiger partial charge in [-0.3, -0.25) is 4.79 Å². The molecule has 0 bridgehead atoms. The van der Waals surface area contributed by atoms with E-state index in [-0.39, 0.29) is 23.4 Å². The second-order valence-corrected chi connectivity index (χ2v) is 7.85. The van der Waals surface area contributed by atoms with Crippen LogP contribution in [0.3, 0.4) is 0 Å². The first-order chi connectivity index (χ1) is 10.3. The van der Waals surface area contributed by atoms with E-state index in [1.165, 1.54) is 5.56 Å². The molecule has 1 aromatic rings. The predicted molar refractivity (Wildman–Crippen MR) is 91.3 cm³/mol. The standard InChI is InChI=1S/C19H30N2O/c1-19(2,3)13-17(14-8-5-4-6-9-14)21-18(22)12-15-10-7-11-16(15)20/h4-6,8-9,15-17H,7,10-13,20H2,1-3H3,(H,21,22)/t15-,16+,17?/m0/s1. The van der Waals surface area contributed by atoms with Crippen LogP contribution in [0.25, 0.3) is 0 Å². The topological polar surface area (TPSA) is 55.1 Å². The van der Waals surface area contributed by atoms with E-state index in [1.807, 2.05) is 18.2 Å². The van der Waals surface area contributed by atoms with Gasteiger partial charge in [-0.25, -0.2) is 0 Å². The van der Waals surface area contributed by atoms with Gasteiger partial charge in [0.25, 0.3) is 0 Å². The Balaban J connectivity index is 2.01. The van der Waals surface area contributed by atoms with Crippen molar-refractivity contribution < 1.29 is 4.79 Å². The molecule has 0 heterocycles. The number of hydrogen-bond acceptors (Lipinski definition) is 2. The summed E-state index contributed by atoms with van der Waals surface area (Å²) in [5.74, 6) is 0.492. The molecule has 0 spiro atoms. The quantitative estimate of drug-likeness (QED) is 0.869. The molecule has 1 saturated carbocycles. The normalized spacial score (nSPS) is 23.3. The van der Waals surface area contributed by atoms with Gasteiger partial charge in [-0.2, -0.15) is 0 Å². The van der Waals surface area contributed by atoms with E-state index in [9.17, 15) is 4.79 Å². The maximum Gasteiger partial charge on any atom is 0.220 e. The van der Waals surface area contributed by atoms with Crippen molar-refractivity contribution in [2.75, 3.05) is 0 Å². The van der Waals surface area contributed by atoms with E-state index in [0.29, 0.717) is 12.3 Å². The van der Waals surface area contributed by atoms with E-state index in [1.54, 1.807) is 0 Å². The molecule has 0 aromatic heterocycles. The van der Waals surface area contributed by atoms with E-state index < -0.39 is 0 Å². The van der Waals surface area contributed by atoms with Crippen molar-refractivity contribution >= 4 is 5.91 Å². The molecule has 22 heavy (non-hydrogen) atoms. The van der Waals surface area contributed by atoms with Crippen LogP contribution < -0.4 is 11.1 Å². The van der Waals surface area contributed by atoms with Crippen molar-refractivity contribution in [1.29, 1.82) is 0 Å². The van der Waals surface area contributed by atoms with Crippen molar-refractivity contribution in [3.8, 4) is 0 Å². The summed E-state index contributed by atoms with van der Waals surface area (Å²) in [6.07, 6.45) is 4.79. The van der Waals surface area contributed by atoms with E-state index in [0.717, 1.165) is 25.7 Å². The second-order valence-electron chi connectivity index (χ2n) is 7.85. The summed E-state index contributed by atoms with van der Waals surface area (Å²) in [6.45, 7) is 6.63. The molecule has 0 saturated heterocycles. The third kappa shape index (κ3) is 5.13. The molecule has 1 aliphatic rings.